The number of nitrogens with zero attached hydrogens (tertiary/aromatic N) is 8. The molecule has 0 bridgehead atoms. The molecular formula is C32H30ClN9O4. The maximum Gasteiger partial charge on any atom is 0.335 e. The molecule has 2 N–H and O–H groups in total. The molecule has 0 spiro atoms. The largest absolute Gasteiger partial charge is 0.618 e. The Kier molecular flexibility index (Phi) is 7.93. The Labute approximate surface area is 268 Å². The molecule has 3 aromatic heterocycles. The minimum atomic E-state index is -0.997. The third kappa shape index (κ3) is 5.94. The summed E-state index contributed by atoms with van der Waals surface area (Å²) in [6.07, 6.45) is 7.85. The Morgan fingerprint density at radius 2 is 1.85 bits per heavy atom. The predicted molar refractivity (Wildman–Crippen MR) is 167 cm³/mol. The zero-order valence-corrected chi connectivity index (χ0v) is 25.4. The lowest BCUT2D eigenvalue weighted by Crippen LogP contribution is -2.47. The molecule has 14 heteroatoms. The number of carbonyl (C=O) groups excluding carboxylic acids is 1. The van der Waals surface area contributed by atoms with E-state index in [-0.39, 0.29) is 23.3 Å². The Balaban J connectivity index is 1.21. The first-order valence-corrected chi connectivity index (χ1v) is 15.4. The topological polar surface area (TPSA) is 158 Å². The maximum atomic E-state index is 13.8. The summed E-state index contributed by atoms with van der Waals surface area (Å²) in [6, 6.07) is 15.0. The van der Waals surface area contributed by atoms with Gasteiger partial charge in [-0.3, -0.25) is 9.48 Å². The van der Waals surface area contributed by atoms with Gasteiger partial charge in [-0.15, -0.1) is 5.10 Å². The van der Waals surface area contributed by atoms with Crippen LogP contribution in [0.2, 0.25) is 5.02 Å². The molecule has 1 aliphatic heterocycles. The van der Waals surface area contributed by atoms with Crippen LogP contribution in [0.1, 0.15) is 34.9 Å². The number of rotatable bonds is 9. The monoisotopic (exact) mass is 639 g/mol. The standard InChI is InChI=1S/C32H30ClN9O4/c33-25-6-8-28(41-19-35-37-38-41)26(15-25)22-5-7-29(42(46)18-22)30(14-23-13-27(23)31(43)39-11-9-34-10-12-39)40-17-24(16-36-40)20-1-3-21(4-2-20)32(44)45/h1-8,15-19,23,27,30,34H,9-14H2,(H,44,45)/t23-,27-,30?/m0/s1. The maximum absolute atomic E-state index is 13.8. The van der Waals surface area contributed by atoms with Gasteiger partial charge < -0.3 is 20.5 Å². The fourth-order valence-electron chi connectivity index (χ4n) is 6.16. The fourth-order valence-corrected chi connectivity index (χ4v) is 6.34. The number of carboxylic acids is 1. The molecule has 0 radical (unpaired) electrons. The van der Waals surface area contributed by atoms with Gasteiger partial charge in [-0.2, -0.15) is 14.5 Å². The van der Waals surface area contributed by atoms with E-state index in [1.54, 1.807) is 59.4 Å². The summed E-state index contributed by atoms with van der Waals surface area (Å²) in [5, 5.41) is 43.0. The van der Waals surface area contributed by atoms with E-state index in [2.05, 4.69) is 25.9 Å². The van der Waals surface area contributed by atoms with Crippen LogP contribution in [0, 0.1) is 17.0 Å². The molecule has 5 aromatic rings. The number of benzene rings is 2. The number of piperazine rings is 1. The molecule has 13 nitrogen and oxygen atoms in total. The van der Waals surface area contributed by atoms with Crippen molar-refractivity contribution in [3.8, 4) is 27.9 Å². The van der Waals surface area contributed by atoms with Crippen molar-refractivity contribution in [3.63, 3.8) is 0 Å². The molecule has 2 aromatic carbocycles. The van der Waals surface area contributed by atoms with E-state index < -0.39 is 12.0 Å². The van der Waals surface area contributed by atoms with Crippen LogP contribution in [0.4, 0.5) is 0 Å². The molecule has 1 saturated heterocycles. The van der Waals surface area contributed by atoms with Crippen molar-refractivity contribution in [1.82, 2.24) is 40.2 Å². The van der Waals surface area contributed by atoms with Gasteiger partial charge >= 0.3 is 5.97 Å². The number of carboxylic acid groups (broad SMARTS) is 1. The van der Waals surface area contributed by atoms with Gasteiger partial charge in [0.05, 0.1) is 17.4 Å². The molecule has 1 unspecified atom stereocenters. The van der Waals surface area contributed by atoms with Gasteiger partial charge in [-0.25, -0.2) is 4.79 Å². The number of amides is 1. The summed E-state index contributed by atoms with van der Waals surface area (Å²) < 4.78 is 4.12. The number of aromatic carboxylic acids is 1. The lowest BCUT2D eigenvalue weighted by atomic mass is 10.0. The molecule has 1 aliphatic carbocycles. The summed E-state index contributed by atoms with van der Waals surface area (Å²) in [4.78, 5) is 26.5. The number of hydrogen-bond acceptors (Lipinski definition) is 8. The Hall–Kier alpha value is -5.14. The second-order valence-corrected chi connectivity index (χ2v) is 12.0. The van der Waals surface area contributed by atoms with Crippen molar-refractivity contribution < 1.29 is 19.4 Å². The molecule has 3 atom stereocenters. The van der Waals surface area contributed by atoms with Gasteiger partial charge in [-0.05, 0) is 71.1 Å². The van der Waals surface area contributed by atoms with Gasteiger partial charge in [0.25, 0.3) is 0 Å². The van der Waals surface area contributed by atoms with Crippen LogP contribution >= 0.6 is 11.6 Å². The van der Waals surface area contributed by atoms with E-state index in [0.717, 1.165) is 35.4 Å². The first-order chi connectivity index (χ1) is 22.4. The van der Waals surface area contributed by atoms with Crippen molar-refractivity contribution in [2.24, 2.45) is 11.8 Å². The SMILES string of the molecule is O=C(O)c1ccc(-c2cnn(C(C[C@@H]3C[C@@H]3C(=O)N3CCNCC3)c3ccc(-c4cc(Cl)ccc4-n4cnnn4)c[n+]3[O-])c2)cc1. The molecule has 7 rings (SSSR count). The zero-order chi connectivity index (χ0) is 31.8. The number of aromatic nitrogens is 7. The number of pyridine rings is 1. The summed E-state index contributed by atoms with van der Waals surface area (Å²) in [7, 11) is 0. The molecular weight excluding hydrogens is 610 g/mol. The van der Waals surface area contributed by atoms with Gasteiger partial charge in [0.15, 0.2) is 6.20 Å². The van der Waals surface area contributed by atoms with E-state index >= 15 is 0 Å². The third-order valence-corrected chi connectivity index (χ3v) is 8.97. The minimum absolute atomic E-state index is 0.0797. The molecule has 46 heavy (non-hydrogen) atoms. The Morgan fingerprint density at radius 3 is 2.57 bits per heavy atom. The number of tetrazole rings is 1. The van der Waals surface area contributed by atoms with Gasteiger partial charge in [-0.1, -0.05) is 23.7 Å². The van der Waals surface area contributed by atoms with Crippen LogP contribution in [0.25, 0.3) is 27.9 Å². The second-order valence-electron chi connectivity index (χ2n) is 11.6. The number of hydrogen-bond donors (Lipinski definition) is 2. The first kappa shape index (κ1) is 29.6. The lowest BCUT2D eigenvalue weighted by molar-refractivity contribution is -0.615. The van der Waals surface area contributed by atoms with E-state index in [0.29, 0.717) is 47.0 Å². The smallest absolute Gasteiger partial charge is 0.335 e. The van der Waals surface area contributed by atoms with E-state index in [9.17, 15) is 19.9 Å². The van der Waals surface area contributed by atoms with Gasteiger partial charge in [0.2, 0.25) is 11.6 Å². The summed E-state index contributed by atoms with van der Waals surface area (Å²) in [6.45, 7) is 2.98. The first-order valence-electron chi connectivity index (χ1n) is 15.0. The van der Waals surface area contributed by atoms with Crippen LogP contribution in [0.15, 0.2) is 79.5 Å². The summed E-state index contributed by atoms with van der Waals surface area (Å²) >= 11 is 6.35. The van der Waals surface area contributed by atoms with E-state index in [1.807, 2.05) is 17.2 Å². The normalized spacial score (nSPS) is 18.3. The van der Waals surface area contributed by atoms with Gasteiger partial charge in [0, 0.05) is 66.1 Å². The molecule has 234 valence electrons. The van der Waals surface area contributed by atoms with Crippen molar-refractivity contribution in [2.75, 3.05) is 26.2 Å². The average Bonchev–Trinajstić information content (AvgIpc) is 3.40. The summed E-state index contributed by atoms with van der Waals surface area (Å²) in [5.41, 5.74) is 4.23. The molecule has 2 aliphatic rings. The molecule has 1 saturated carbocycles. The molecule has 1 amide bonds. The van der Waals surface area contributed by atoms with Gasteiger partial charge in [0.1, 0.15) is 12.4 Å². The van der Waals surface area contributed by atoms with E-state index in [1.165, 1.54) is 17.2 Å². The molecule has 2 fully saturated rings. The number of carbonyl (C=O) groups is 2. The summed E-state index contributed by atoms with van der Waals surface area (Å²) in [5.74, 6) is -0.799. The van der Waals surface area contributed by atoms with Crippen LogP contribution in [-0.4, -0.2) is 78.0 Å². The van der Waals surface area contributed by atoms with Crippen LogP contribution < -0.4 is 10.0 Å². The third-order valence-electron chi connectivity index (χ3n) is 8.73. The highest BCUT2D eigenvalue weighted by Crippen LogP contribution is 2.46. The lowest BCUT2D eigenvalue weighted by Gasteiger charge is -2.27. The highest BCUT2D eigenvalue weighted by molar-refractivity contribution is 6.31. The van der Waals surface area contributed by atoms with Crippen LogP contribution in [0.5, 0.6) is 0 Å². The fraction of sp³-hybridized carbons (Fsp3) is 0.281. The highest BCUT2D eigenvalue weighted by atomic mass is 35.5. The van der Waals surface area contributed by atoms with Crippen LogP contribution in [-0.2, 0) is 4.79 Å². The van der Waals surface area contributed by atoms with Crippen molar-refractivity contribution in [3.05, 3.63) is 101 Å². The second kappa shape index (κ2) is 12.3. The zero-order valence-electron chi connectivity index (χ0n) is 24.6. The van der Waals surface area contributed by atoms with Crippen molar-refractivity contribution >= 4 is 23.5 Å². The van der Waals surface area contributed by atoms with Crippen LogP contribution in [0.3, 0.4) is 0 Å². The Morgan fingerprint density at radius 1 is 1.07 bits per heavy atom. The quantitative estimate of drug-likeness (QED) is 0.182. The number of nitrogens with one attached hydrogen (secondary N) is 1. The van der Waals surface area contributed by atoms with Crippen molar-refractivity contribution in [1.29, 1.82) is 0 Å². The minimum Gasteiger partial charge on any atom is -0.618 e. The number of halogens is 1. The van der Waals surface area contributed by atoms with Crippen molar-refractivity contribution in [2.45, 2.75) is 18.9 Å². The highest BCUT2D eigenvalue weighted by Gasteiger charge is 2.47. The van der Waals surface area contributed by atoms with E-state index in [4.69, 9.17) is 11.6 Å². The molecule has 4 heterocycles. The predicted octanol–water partition coefficient (Wildman–Crippen LogP) is 3.23. The Bertz CT molecular complexity index is 1890. The average molecular weight is 640 g/mol.